The van der Waals surface area contributed by atoms with Gasteiger partial charge in [-0.15, -0.1) is 0 Å². The molecule has 10 bridgehead atoms. The predicted molar refractivity (Wildman–Crippen MR) is 272 cm³/mol. The Morgan fingerprint density at radius 1 is 0.545 bits per heavy atom. The fraction of sp³-hybridized carbons (Fsp3) is 0.915. The standard InChI is InChI=1S/C59H87NO17/c1-27-14-33-8-10-37-28(2)15-35(64-37)12-13-57-24-47(63-7)56(77-57)43-20-45(73-57)55-38(67-43)11-9-34(66-55)16-50(62)71-54-32(6)53-42(68-41(54)18-39(65-33)31(27)5)19-40-46(69-53)23-59(72-40)25-48-52(76-59)30(4)22-58(75-48)21-29(3)51-44(74-58)17-36(61)49(26-60)70-51/h27,29-30,32-49,51-56,61H,2,5,8-26,60H2,1,3-4,6-7H3/t27-,29+,30+,32+,33+,34-,35+,36-,37+,38+,39-,40-,41+,42+,43-,44+,45-,46?,47-,48+,49-,51+,52+,53+,54-,55+,56?,57-,58-,59+/m1/s1. The van der Waals surface area contributed by atoms with Crippen LogP contribution in [0.4, 0.5) is 0 Å². The molecular formula is C59H87NO17. The van der Waals surface area contributed by atoms with E-state index in [9.17, 15) is 9.90 Å². The molecule has 14 rings (SSSR count). The van der Waals surface area contributed by atoms with Crippen LogP contribution in [0.25, 0.3) is 0 Å². The number of carbonyl (C=O) groups excluding carboxylic acids is 1. The molecule has 430 valence electrons. The van der Waals surface area contributed by atoms with Gasteiger partial charge in [-0.25, -0.2) is 0 Å². The Balaban J connectivity index is 0.695. The molecule has 14 aliphatic heterocycles. The van der Waals surface area contributed by atoms with Crippen molar-refractivity contribution in [3.8, 4) is 0 Å². The summed E-state index contributed by atoms with van der Waals surface area (Å²) in [4.78, 5) is 14.5. The van der Waals surface area contributed by atoms with Gasteiger partial charge in [0.1, 0.15) is 18.3 Å². The lowest BCUT2D eigenvalue weighted by Gasteiger charge is -2.54. The van der Waals surface area contributed by atoms with Crippen LogP contribution in [0.5, 0.6) is 0 Å². The lowest BCUT2D eigenvalue weighted by molar-refractivity contribution is -0.370. The average Bonchev–Trinajstić information content (AvgIpc) is 4.35. The third kappa shape index (κ3) is 9.59. The highest BCUT2D eigenvalue weighted by Gasteiger charge is 2.66. The summed E-state index contributed by atoms with van der Waals surface area (Å²) < 4.78 is 103. The van der Waals surface area contributed by atoms with Gasteiger partial charge in [-0.05, 0) is 73.8 Å². The molecule has 0 aliphatic carbocycles. The molecule has 77 heavy (non-hydrogen) atoms. The minimum atomic E-state index is -0.897. The number of esters is 1. The number of ether oxygens (including phenoxy) is 15. The van der Waals surface area contributed by atoms with Crippen LogP contribution in [0.3, 0.4) is 0 Å². The van der Waals surface area contributed by atoms with Gasteiger partial charge >= 0.3 is 5.97 Å². The number of hydrogen-bond donors (Lipinski definition) is 2. The maximum atomic E-state index is 14.5. The van der Waals surface area contributed by atoms with Crippen LogP contribution in [0.15, 0.2) is 24.3 Å². The molecule has 0 aromatic rings. The Bertz CT molecular complexity index is 2240. The summed E-state index contributed by atoms with van der Waals surface area (Å²) in [7, 11) is 1.75. The minimum Gasteiger partial charge on any atom is -0.459 e. The number of fused-ring (bicyclic) bond motifs is 13. The number of carbonyl (C=O) groups is 1. The normalized spacial score (nSPS) is 57.3. The van der Waals surface area contributed by atoms with Crippen molar-refractivity contribution in [2.75, 3.05) is 13.7 Å². The first kappa shape index (κ1) is 53.3. The Hall–Kier alpha value is -1.69. The van der Waals surface area contributed by atoms with E-state index >= 15 is 0 Å². The van der Waals surface area contributed by atoms with E-state index in [2.05, 4.69) is 40.9 Å². The van der Waals surface area contributed by atoms with Gasteiger partial charge < -0.3 is 81.9 Å². The van der Waals surface area contributed by atoms with Gasteiger partial charge in [-0.2, -0.15) is 0 Å². The minimum absolute atomic E-state index is 0.00796. The molecule has 0 aromatic heterocycles. The van der Waals surface area contributed by atoms with Crippen LogP contribution in [-0.2, 0) is 75.8 Å². The molecule has 14 heterocycles. The van der Waals surface area contributed by atoms with Gasteiger partial charge in [-0.3, -0.25) is 4.79 Å². The van der Waals surface area contributed by atoms with Crippen molar-refractivity contribution in [3.05, 3.63) is 24.3 Å². The van der Waals surface area contributed by atoms with Gasteiger partial charge in [0.25, 0.3) is 0 Å². The van der Waals surface area contributed by atoms with E-state index in [-0.39, 0.29) is 159 Å². The van der Waals surface area contributed by atoms with E-state index < -0.39 is 41.8 Å². The fourth-order valence-corrected chi connectivity index (χ4v) is 17.6. The van der Waals surface area contributed by atoms with Crippen molar-refractivity contribution in [1.82, 2.24) is 0 Å². The van der Waals surface area contributed by atoms with Crippen molar-refractivity contribution < 1.29 is 81.0 Å². The number of hydrogen-bond acceptors (Lipinski definition) is 18. The second-order valence-electron chi connectivity index (χ2n) is 26.7. The summed E-state index contributed by atoms with van der Waals surface area (Å²) in [5.74, 6) is -2.61. The third-order valence-corrected chi connectivity index (χ3v) is 21.4. The average molecular weight is 1080 g/mol. The lowest BCUT2D eigenvalue weighted by Crippen LogP contribution is -2.63. The van der Waals surface area contributed by atoms with Crippen LogP contribution in [0, 0.1) is 23.7 Å². The van der Waals surface area contributed by atoms with Gasteiger partial charge in [0, 0.05) is 83.8 Å². The molecule has 30 atom stereocenters. The van der Waals surface area contributed by atoms with Gasteiger partial charge in [0.2, 0.25) is 0 Å². The quantitative estimate of drug-likeness (QED) is 0.249. The number of methoxy groups -OCH3 is 1. The second-order valence-corrected chi connectivity index (χ2v) is 26.7. The molecule has 18 nitrogen and oxygen atoms in total. The monoisotopic (exact) mass is 1080 g/mol. The molecule has 18 heteroatoms. The third-order valence-electron chi connectivity index (χ3n) is 21.4. The first-order valence-corrected chi connectivity index (χ1v) is 30.2. The Labute approximate surface area is 453 Å². The first-order chi connectivity index (χ1) is 37.0. The van der Waals surface area contributed by atoms with Crippen molar-refractivity contribution in [2.45, 2.75) is 301 Å². The highest BCUT2D eigenvalue weighted by atomic mass is 16.8. The summed E-state index contributed by atoms with van der Waals surface area (Å²) in [5.41, 5.74) is 8.12. The topological polar surface area (TPSA) is 202 Å². The zero-order valence-corrected chi connectivity index (χ0v) is 46.0. The molecule has 0 saturated carbocycles. The largest absolute Gasteiger partial charge is 0.459 e. The summed E-state index contributed by atoms with van der Waals surface area (Å²) >= 11 is 0. The van der Waals surface area contributed by atoms with Gasteiger partial charge in [0.05, 0.1) is 129 Å². The molecule has 14 aliphatic rings. The van der Waals surface area contributed by atoms with E-state index in [0.717, 1.165) is 49.7 Å². The van der Waals surface area contributed by atoms with Crippen molar-refractivity contribution in [2.24, 2.45) is 29.4 Å². The number of aliphatic hydroxyl groups excluding tert-OH is 1. The molecule has 2 unspecified atom stereocenters. The fourth-order valence-electron chi connectivity index (χ4n) is 17.6. The van der Waals surface area contributed by atoms with Crippen LogP contribution >= 0.6 is 0 Å². The SMILES string of the molecule is C=C1C[C@@H]2CC[C@]34C[C@@H](OC)C(O3)[C@H]3C[C@@H](O4)[C@H]4O[C@H](CC[C@@H]4O3)CC(=O)O[C@@H]3[C@@H](C)[C@@H]4OC5C[C@]6(C[C@@H]7O[C@]8(C[C@H](C)[C@@H]9O[C@H](CN)[C@H](O)C[C@@H]9O8)C[C@H](C)[C@@H]7O6)O[C@@H]5C[C@@H]4O[C@H]3C[C@H]3O[C@@H](CC[C@@H]1O2)C[C@@H](C)C3=C. The molecule has 0 aromatic carbocycles. The smallest absolute Gasteiger partial charge is 0.308 e. The summed E-state index contributed by atoms with van der Waals surface area (Å²) in [6, 6.07) is 0. The highest BCUT2D eigenvalue weighted by Crippen LogP contribution is 2.56. The number of rotatable bonds is 2. The van der Waals surface area contributed by atoms with Crippen molar-refractivity contribution in [1.29, 1.82) is 0 Å². The molecule has 3 spiro atoms. The van der Waals surface area contributed by atoms with Gasteiger partial charge in [0.15, 0.2) is 17.4 Å². The predicted octanol–water partition coefficient (Wildman–Crippen LogP) is 5.78. The van der Waals surface area contributed by atoms with E-state index in [4.69, 9.17) is 76.8 Å². The molecule has 0 amide bonds. The molecule has 14 saturated heterocycles. The Morgan fingerprint density at radius 2 is 1.21 bits per heavy atom. The van der Waals surface area contributed by atoms with Gasteiger partial charge in [-0.1, -0.05) is 40.9 Å². The summed E-state index contributed by atoms with van der Waals surface area (Å²) in [6.07, 6.45) is 5.01. The molecule has 14 fully saturated rings. The van der Waals surface area contributed by atoms with Crippen molar-refractivity contribution >= 4 is 5.97 Å². The highest BCUT2D eigenvalue weighted by molar-refractivity contribution is 5.70. The van der Waals surface area contributed by atoms with Crippen LogP contribution in [-0.4, -0.2) is 182 Å². The Kier molecular flexibility index (Phi) is 14.0. The Morgan fingerprint density at radius 3 is 2.04 bits per heavy atom. The lowest BCUT2D eigenvalue weighted by atomic mass is 9.78. The summed E-state index contributed by atoms with van der Waals surface area (Å²) in [6.45, 7) is 18.2. The van der Waals surface area contributed by atoms with E-state index in [0.29, 0.717) is 70.6 Å². The van der Waals surface area contributed by atoms with E-state index in [1.54, 1.807) is 7.11 Å². The molecule has 3 N–H and O–H groups in total. The maximum Gasteiger partial charge on any atom is 0.308 e. The number of nitrogens with two attached hydrogens (primary N) is 1. The number of aliphatic hydroxyl groups is 1. The zero-order chi connectivity index (χ0) is 52.9. The van der Waals surface area contributed by atoms with E-state index in [1.165, 1.54) is 0 Å². The van der Waals surface area contributed by atoms with Crippen molar-refractivity contribution in [3.63, 3.8) is 0 Å². The van der Waals surface area contributed by atoms with Crippen LogP contribution in [0.1, 0.15) is 143 Å². The van der Waals surface area contributed by atoms with Crippen LogP contribution < -0.4 is 5.73 Å². The molecule has 0 radical (unpaired) electrons. The van der Waals surface area contributed by atoms with E-state index in [1.807, 2.05) is 0 Å². The maximum absolute atomic E-state index is 14.5. The zero-order valence-electron chi connectivity index (χ0n) is 46.0. The van der Waals surface area contributed by atoms with Crippen LogP contribution in [0.2, 0.25) is 0 Å². The molecular weight excluding hydrogens is 995 g/mol. The summed E-state index contributed by atoms with van der Waals surface area (Å²) in [5, 5.41) is 10.9. The second kappa shape index (κ2) is 20.3. The first-order valence-electron chi connectivity index (χ1n) is 30.2.